The number of aromatic nitrogens is 2. The van der Waals surface area contributed by atoms with Crippen molar-refractivity contribution in [1.82, 2.24) is 14.4 Å². The SMILES string of the molecule is Cc1cc(C)c(C)c(S(=O)(=O)N2CCC[C@H]2c2nc(-c3ccc(F)cc3)no2)c1C. The molecule has 1 atom stereocenters. The maximum absolute atomic E-state index is 13.7. The number of benzene rings is 2. The smallest absolute Gasteiger partial charge is 0.245 e. The Bertz CT molecular complexity index is 1180. The zero-order chi connectivity index (χ0) is 21.6. The van der Waals surface area contributed by atoms with Crippen LogP contribution in [0.4, 0.5) is 4.39 Å². The summed E-state index contributed by atoms with van der Waals surface area (Å²) < 4.78 is 47.4. The summed E-state index contributed by atoms with van der Waals surface area (Å²) in [5, 5.41) is 3.98. The lowest BCUT2D eigenvalue weighted by molar-refractivity contribution is 0.290. The number of halogens is 1. The Hall–Kier alpha value is -2.58. The van der Waals surface area contributed by atoms with E-state index in [-0.39, 0.29) is 11.7 Å². The van der Waals surface area contributed by atoms with E-state index in [0.717, 1.165) is 22.3 Å². The molecule has 0 spiro atoms. The van der Waals surface area contributed by atoms with Crippen LogP contribution in [0.2, 0.25) is 0 Å². The van der Waals surface area contributed by atoms with Crippen LogP contribution in [-0.2, 0) is 10.0 Å². The molecule has 0 radical (unpaired) electrons. The molecule has 6 nitrogen and oxygen atoms in total. The highest BCUT2D eigenvalue weighted by molar-refractivity contribution is 7.89. The normalized spacial score (nSPS) is 17.6. The first-order valence-corrected chi connectivity index (χ1v) is 11.3. The fraction of sp³-hybridized carbons (Fsp3) is 0.364. The number of sulfonamides is 1. The van der Waals surface area contributed by atoms with Gasteiger partial charge in [-0.2, -0.15) is 9.29 Å². The molecule has 1 aliphatic rings. The first-order valence-electron chi connectivity index (χ1n) is 9.89. The number of aryl methyl sites for hydroxylation is 2. The third-order valence-electron chi connectivity index (χ3n) is 5.90. The van der Waals surface area contributed by atoms with Gasteiger partial charge >= 0.3 is 0 Å². The van der Waals surface area contributed by atoms with Gasteiger partial charge in [0, 0.05) is 12.1 Å². The summed E-state index contributed by atoms with van der Waals surface area (Å²) in [5.41, 5.74) is 4.04. The van der Waals surface area contributed by atoms with E-state index >= 15 is 0 Å². The van der Waals surface area contributed by atoms with Crippen LogP contribution < -0.4 is 0 Å². The van der Waals surface area contributed by atoms with E-state index in [1.54, 1.807) is 12.1 Å². The molecule has 1 aliphatic heterocycles. The van der Waals surface area contributed by atoms with E-state index < -0.39 is 16.1 Å². The predicted octanol–water partition coefficient (Wildman–Crippen LogP) is 4.64. The van der Waals surface area contributed by atoms with Gasteiger partial charge in [0.1, 0.15) is 11.9 Å². The second kappa shape index (κ2) is 7.59. The van der Waals surface area contributed by atoms with E-state index in [0.29, 0.717) is 35.7 Å². The van der Waals surface area contributed by atoms with Gasteiger partial charge in [0.05, 0.1) is 4.90 Å². The van der Waals surface area contributed by atoms with Crippen molar-refractivity contribution in [2.75, 3.05) is 6.54 Å². The molecule has 8 heteroatoms. The van der Waals surface area contributed by atoms with Crippen LogP contribution in [0.5, 0.6) is 0 Å². The molecular weight excluding hydrogens is 405 g/mol. The maximum atomic E-state index is 13.7. The van der Waals surface area contributed by atoms with Gasteiger partial charge in [0.2, 0.25) is 21.7 Å². The minimum Gasteiger partial charge on any atom is -0.337 e. The van der Waals surface area contributed by atoms with Gasteiger partial charge in [-0.1, -0.05) is 11.2 Å². The first-order chi connectivity index (χ1) is 14.2. The van der Waals surface area contributed by atoms with E-state index in [9.17, 15) is 12.8 Å². The largest absolute Gasteiger partial charge is 0.337 e. The fourth-order valence-electron chi connectivity index (χ4n) is 4.05. The van der Waals surface area contributed by atoms with Crippen molar-refractivity contribution in [3.05, 3.63) is 64.3 Å². The van der Waals surface area contributed by atoms with Gasteiger partial charge in [-0.05, 0) is 87.1 Å². The second-order valence-electron chi connectivity index (χ2n) is 7.83. The third kappa shape index (κ3) is 3.44. The van der Waals surface area contributed by atoms with E-state index in [4.69, 9.17) is 4.52 Å². The van der Waals surface area contributed by atoms with Crippen molar-refractivity contribution < 1.29 is 17.3 Å². The Morgan fingerprint density at radius 3 is 2.33 bits per heavy atom. The Balaban J connectivity index is 1.72. The summed E-state index contributed by atoms with van der Waals surface area (Å²) in [6, 6.07) is 7.27. The van der Waals surface area contributed by atoms with E-state index in [1.165, 1.54) is 16.4 Å². The Kier molecular flexibility index (Phi) is 5.23. The van der Waals surface area contributed by atoms with Crippen LogP contribution in [0.15, 0.2) is 39.8 Å². The Labute approximate surface area is 175 Å². The molecule has 158 valence electrons. The van der Waals surface area contributed by atoms with Gasteiger partial charge in [-0.3, -0.25) is 0 Å². The zero-order valence-electron chi connectivity index (χ0n) is 17.4. The van der Waals surface area contributed by atoms with Crippen LogP contribution in [0.3, 0.4) is 0 Å². The molecule has 1 aromatic heterocycles. The summed E-state index contributed by atoms with van der Waals surface area (Å²) in [4.78, 5) is 4.79. The van der Waals surface area contributed by atoms with Gasteiger partial charge in [0.25, 0.3) is 0 Å². The van der Waals surface area contributed by atoms with Crippen molar-refractivity contribution >= 4 is 10.0 Å². The average Bonchev–Trinajstić information content (AvgIpc) is 3.36. The van der Waals surface area contributed by atoms with Crippen LogP contribution in [0, 0.1) is 33.5 Å². The van der Waals surface area contributed by atoms with Crippen molar-refractivity contribution in [3.63, 3.8) is 0 Å². The molecule has 30 heavy (non-hydrogen) atoms. The zero-order valence-corrected chi connectivity index (χ0v) is 18.3. The highest BCUT2D eigenvalue weighted by Gasteiger charge is 2.41. The van der Waals surface area contributed by atoms with Crippen LogP contribution in [0.1, 0.15) is 47.0 Å². The minimum atomic E-state index is -3.75. The van der Waals surface area contributed by atoms with Gasteiger partial charge in [0.15, 0.2) is 0 Å². The maximum Gasteiger partial charge on any atom is 0.245 e. The fourth-order valence-corrected chi connectivity index (χ4v) is 6.28. The summed E-state index contributed by atoms with van der Waals surface area (Å²) in [6.45, 7) is 7.94. The van der Waals surface area contributed by atoms with Crippen LogP contribution >= 0.6 is 0 Å². The lowest BCUT2D eigenvalue weighted by atomic mass is 10.0. The lowest BCUT2D eigenvalue weighted by Crippen LogP contribution is -2.32. The molecule has 2 heterocycles. The topological polar surface area (TPSA) is 76.3 Å². The summed E-state index contributed by atoms with van der Waals surface area (Å²) in [7, 11) is -3.75. The highest BCUT2D eigenvalue weighted by atomic mass is 32.2. The molecule has 1 saturated heterocycles. The quantitative estimate of drug-likeness (QED) is 0.604. The molecule has 2 aromatic carbocycles. The highest BCUT2D eigenvalue weighted by Crippen LogP contribution is 2.39. The molecule has 1 fully saturated rings. The Morgan fingerprint density at radius 2 is 1.70 bits per heavy atom. The number of rotatable bonds is 4. The standard InChI is InChI=1S/C22H24FN3O3S/c1-13-12-14(2)16(4)20(15(13)3)30(27,28)26-11-5-6-19(26)22-24-21(25-29-22)17-7-9-18(23)10-8-17/h7-10,12,19H,5-6,11H2,1-4H3/t19-/m0/s1. The first kappa shape index (κ1) is 20.7. The Morgan fingerprint density at radius 1 is 1.07 bits per heavy atom. The number of nitrogens with zero attached hydrogens (tertiary/aromatic N) is 3. The average molecular weight is 430 g/mol. The predicted molar refractivity (Wildman–Crippen MR) is 111 cm³/mol. The van der Waals surface area contributed by atoms with E-state index in [2.05, 4.69) is 10.1 Å². The molecule has 0 bridgehead atoms. The monoisotopic (exact) mass is 429 g/mol. The van der Waals surface area contributed by atoms with Crippen molar-refractivity contribution in [1.29, 1.82) is 0 Å². The molecule has 4 rings (SSSR count). The number of hydrogen-bond donors (Lipinski definition) is 0. The van der Waals surface area contributed by atoms with Crippen LogP contribution in [-0.4, -0.2) is 29.4 Å². The van der Waals surface area contributed by atoms with Gasteiger partial charge in [-0.25, -0.2) is 12.8 Å². The summed E-state index contributed by atoms with van der Waals surface area (Å²) in [5.74, 6) is 0.220. The van der Waals surface area contributed by atoms with Gasteiger partial charge < -0.3 is 4.52 Å². The molecule has 0 saturated carbocycles. The molecule has 0 aliphatic carbocycles. The molecule has 0 N–H and O–H groups in total. The molecule has 0 unspecified atom stereocenters. The van der Waals surface area contributed by atoms with Crippen molar-refractivity contribution in [2.24, 2.45) is 0 Å². The lowest BCUT2D eigenvalue weighted by Gasteiger charge is -2.25. The van der Waals surface area contributed by atoms with Crippen LogP contribution in [0.25, 0.3) is 11.4 Å². The molecule has 0 amide bonds. The van der Waals surface area contributed by atoms with Gasteiger partial charge in [-0.15, -0.1) is 0 Å². The van der Waals surface area contributed by atoms with Crippen molar-refractivity contribution in [2.45, 2.75) is 51.5 Å². The van der Waals surface area contributed by atoms with Crippen molar-refractivity contribution in [3.8, 4) is 11.4 Å². The summed E-state index contributed by atoms with van der Waals surface area (Å²) >= 11 is 0. The van der Waals surface area contributed by atoms with E-state index in [1.807, 2.05) is 33.8 Å². The second-order valence-corrected chi connectivity index (χ2v) is 9.65. The summed E-state index contributed by atoms with van der Waals surface area (Å²) in [6.07, 6.45) is 1.31. The molecule has 3 aromatic rings. The minimum absolute atomic E-state index is 0.259. The molecular formula is C22H24FN3O3S. The number of hydrogen-bond acceptors (Lipinski definition) is 5. The third-order valence-corrected chi connectivity index (χ3v) is 8.08.